The van der Waals surface area contributed by atoms with Crippen molar-refractivity contribution in [2.75, 3.05) is 18.4 Å². The lowest BCUT2D eigenvalue weighted by Gasteiger charge is -2.46. The minimum atomic E-state index is -0.220. The molecular formula is C30H37N9O. The molecule has 10 heteroatoms. The van der Waals surface area contributed by atoms with Gasteiger partial charge in [-0.1, -0.05) is 13.8 Å². The Labute approximate surface area is 234 Å². The lowest BCUT2D eigenvalue weighted by Crippen LogP contribution is -2.43. The van der Waals surface area contributed by atoms with Crippen LogP contribution in [0.5, 0.6) is 0 Å². The number of piperidine rings is 1. The van der Waals surface area contributed by atoms with Crippen LogP contribution in [0.15, 0.2) is 37.1 Å². The predicted octanol–water partition coefficient (Wildman–Crippen LogP) is 4.33. The first-order chi connectivity index (χ1) is 19.4. The molecule has 1 amide bonds. The van der Waals surface area contributed by atoms with Gasteiger partial charge in [0, 0.05) is 37.9 Å². The van der Waals surface area contributed by atoms with E-state index in [9.17, 15) is 4.79 Å². The second-order valence-electron chi connectivity index (χ2n) is 12.6. The van der Waals surface area contributed by atoms with Crippen LogP contribution >= 0.6 is 0 Å². The molecule has 3 fully saturated rings. The van der Waals surface area contributed by atoms with E-state index in [1.165, 1.54) is 12.8 Å². The topological polar surface area (TPSA) is 106 Å². The zero-order valence-electron chi connectivity index (χ0n) is 23.5. The summed E-state index contributed by atoms with van der Waals surface area (Å²) >= 11 is 0. The van der Waals surface area contributed by atoms with Crippen LogP contribution in [0.25, 0.3) is 5.65 Å². The Hall–Kier alpha value is -3.66. The highest BCUT2D eigenvalue weighted by atomic mass is 16.1. The van der Waals surface area contributed by atoms with Crippen LogP contribution in [0.2, 0.25) is 0 Å². The smallest absolute Gasteiger partial charge is 0.260 e. The number of pyridine rings is 2. The van der Waals surface area contributed by atoms with E-state index in [1.807, 2.05) is 34.3 Å². The highest BCUT2D eigenvalue weighted by Gasteiger charge is 2.48. The molecule has 1 saturated heterocycles. The second-order valence-corrected chi connectivity index (χ2v) is 12.6. The van der Waals surface area contributed by atoms with Gasteiger partial charge in [-0.3, -0.25) is 14.1 Å². The molecule has 4 aromatic heterocycles. The Morgan fingerprint density at radius 2 is 1.88 bits per heavy atom. The Balaban J connectivity index is 1.22. The lowest BCUT2D eigenvalue weighted by molar-refractivity contribution is 0.102. The second kappa shape index (κ2) is 9.76. The van der Waals surface area contributed by atoms with Gasteiger partial charge in [-0.2, -0.15) is 0 Å². The molecule has 7 rings (SSSR count). The first-order valence-corrected chi connectivity index (χ1v) is 14.6. The molecule has 1 atom stereocenters. The average Bonchev–Trinajstić information content (AvgIpc) is 3.51. The molecule has 4 aromatic rings. The van der Waals surface area contributed by atoms with E-state index >= 15 is 0 Å². The van der Waals surface area contributed by atoms with Gasteiger partial charge in [-0.05, 0) is 86.2 Å². The van der Waals surface area contributed by atoms with Crippen LogP contribution in [0.3, 0.4) is 0 Å². The van der Waals surface area contributed by atoms with E-state index in [1.54, 1.807) is 12.7 Å². The fourth-order valence-electron chi connectivity index (χ4n) is 7.00. The molecule has 40 heavy (non-hydrogen) atoms. The van der Waals surface area contributed by atoms with Gasteiger partial charge in [-0.15, -0.1) is 20.4 Å². The van der Waals surface area contributed by atoms with Crippen molar-refractivity contribution in [1.82, 2.24) is 39.2 Å². The molecule has 10 nitrogen and oxygen atoms in total. The molecule has 0 bridgehead atoms. The summed E-state index contributed by atoms with van der Waals surface area (Å²) in [6.45, 7) is 7.55. The maximum atomic E-state index is 13.8. The largest absolute Gasteiger partial charge is 0.320 e. The fourth-order valence-corrected chi connectivity index (χ4v) is 7.00. The predicted molar refractivity (Wildman–Crippen MR) is 151 cm³/mol. The first kappa shape index (κ1) is 25.3. The molecule has 0 unspecified atom stereocenters. The van der Waals surface area contributed by atoms with Gasteiger partial charge in [0.1, 0.15) is 24.3 Å². The first-order valence-electron chi connectivity index (χ1n) is 14.6. The number of hydrogen-bond donors (Lipinski definition) is 1. The van der Waals surface area contributed by atoms with Crippen LogP contribution in [0.4, 0.5) is 5.82 Å². The minimum absolute atomic E-state index is 0.215. The molecule has 2 saturated carbocycles. The van der Waals surface area contributed by atoms with E-state index in [4.69, 9.17) is 4.98 Å². The monoisotopic (exact) mass is 539 g/mol. The summed E-state index contributed by atoms with van der Waals surface area (Å²) in [6.07, 6.45) is 12.2. The minimum Gasteiger partial charge on any atom is -0.320 e. The number of rotatable bonds is 7. The number of aryl methyl sites for hydroxylation is 1. The van der Waals surface area contributed by atoms with Gasteiger partial charge in [0.2, 0.25) is 0 Å². The van der Waals surface area contributed by atoms with Crippen molar-refractivity contribution in [3.05, 3.63) is 65.3 Å². The lowest BCUT2D eigenvalue weighted by atomic mass is 9.58. The molecule has 1 aliphatic heterocycles. The summed E-state index contributed by atoms with van der Waals surface area (Å²) in [5.41, 5.74) is 4.14. The average molecular weight is 540 g/mol. The standard InChI is InChI=1S/C30H37N9O/c1-19-5-4-8-38(14-19)15-21-9-24(27-35-32-18-39(27)16-21)28(40)34-26-11-23(10-25(33-26)22-6-7-22)30(12-20(2)13-30)29-36-31-17-37(29)3/h9-11,16-20,22H,4-8,12-15H2,1-3H3,(H,33,34,40)/t19-,20?,30?/m1/s1. The zero-order chi connectivity index (χ0) is 27.4. The van der Waals surface area contributed by atoms with Crippen molar-refractivity contribution in [3.63, 3.8) is 0 Å². The van der Waals surface area contributed by atoms with Crippen molar-refractivity contribution in [2.45, 2.75) is 70.3 Å². The number of amides is 1. The molecule has 208 valence electrons. The van der Waals surface area contributed by atoms with Crippen LogP contribution in [0, 0.1) is 11.8 Å². The van der Waals surface area contributed by atoms with Crippen LogP contribution in [0.1, 0.15) is 91.3 Å². The third-order valence-electron chi connectivity index (χ3n) is 9.01. The summed E-state index contributed by atoms with van der Waals surface area (Å²) in [4.78, 5) is 21.2. The number of hydrogen-bond acceptors (Lipinski definition) is 7. The van der Waals surface area contributed by atoms with Crippen molar-refractivity contribution in [2.24, 2.45) is 18.9 Å². The summed E-state index contributed by atoms with van der Waals surface area (Å²) in [6, 6.07) is 6.26. The molecular weight excluding hydrogens is 502 g/mol. The summed E-state index contributed by atoms with van der Waals surface area (Å²) in [5, 5.41) is 20.2. The molecule has 0 spiro atoms. The fraction of sp³-hybridized carbons (Fsp3) is 0.533. The molecule has 0 radical (unpaired) electrons. The number of fused-ring (bicyclic) bond motifs is 1. The van der Waals surface area contributed by atoms with Gasteiger partial charge in [0.05, 0.1) is 11.0 Å². The highest BCUT2D eigenvalue weighted by Crippen LogP contribution is 2.52. The Morgan fingerprint density at radius 1 is 1.05 bits per heavy atom. The number of anilines is 1. The van der Waals surface area contributed by atoms with Gasteiger partial charge in [-0.25, -0.2) is 4.98 Å². The van der Waals surface area contributed by atoms with Gasteiger partial charge in [0.25, 0.3) is 5.91 Å². The highest BCUT2D eigenvalue weighted by molar-refractivity contribution is 6.08. The number of carbonyl (C=O) groups excluding carboxylic acids is 1. The number of aromatic nitrogens is 7. The number of likely N-dealkylation sites (tertiary alicyclic amines) is 1. The molecule has 1 N–H and O–H groups in total. The number of carbonyl (C=O) groups is 1. The third-order valence-corrected chi connectivity index (χ3v) is 9.01. The van der Waals surface area contributed by atoms with Gasteiger partial charge < -0.3 is 9.88 Å². The Kier molecular flexibility index (Phi) is 6.18. The molecule has 5 heterocycles. The third kappa shape index (κ3) is 4.58. The molecule has 0 aromatic carbocycles. The van der Waals surface area contributed by atoms with E-state index in [2.05, 4.69) is 50.5 Å². The van der Waals surface area contributed by atoms with E-state index in [0.29, 0.717) is 34.8 Å². The SMILES string of the molecule is CC1CC(c2cc(NC(=O)c3cc(CN4CCC[C@@H](C)C4)cn4cnnc34)nc(C3CC3)c2)(c2nncn2C)C1. The van der Waals surface area contributed by atoms with Gasteiger partial charge >= 0.3 is 0 Å². The van der Waals surface area contributed by atoms with E-state index < -0.39 is 0 Å². The van der Waals surface area contributed by atoms with Crippen molar-refractivity contribution < 1.29 is 4.79 Å². The van der Waals surface area contributed by atoms with Crippen LogP contribution in [-0.2, 0) is 19.0 Å². The van der Waals surface area contributed by atoms with E-state index in [-0.39, 0.29) is 11.3 Å². The summed E-state index contributed by atoms with van der Waals surface area (Å²) < 4.78 is 3.88. The van der Waals surface area contributed by atoms with Crippen molar-refractivity contribution in [3.8, 4) is 0 Å². The summed E-state index contributed by atoms with van der Waals surface area (Å²) in [7, 11) is 2.01. The molecule has 2 aliphatic carbocycles. The van der Waals surface area contributed by atoms with Gasteiger partial charge in [0.15, 0.2) is 5.65 Å². The Morgan fingerprint density at radius 3 is 2.60 bits per heavy atom. The summed E-state index contributed by atoms with van der Waals surface area (Å²) in [5.74, 6) is 3.08. The van der Waals surface area contributed by atoms with Crippen LogP contribution < -0.4 is 5.32 Å². The Bertz CT molecular complexity index is 1560. The zero-order valence-corrected chi connectivity index (χ0v) is 23.5. The number of nitrogens with one attached hydrogen (secondary N) is 1. The number of nitrogens with zero attached hydrogens (tertiary/aromatic N) is 8. The van der Waals surface area contributed by atoms with E-state index in [0.717, 1.165) is 68.0 Å². The molecule has 3 aliphatic rings. The maximum Gasteiger partial charge on any atom is 0.260 e. The quantitative estimate of drug-likeness (QED) is 0.373. The maximum absolute atomic E-state index is 13.8. The van der Waals surface area contributed by atoms with Crippen molar-refractivity contribution >= 4 is 17.4 Å². The van der Waals surface area contributed by atoms with Crippen LogP contribution in [-0.4, -0.2) is 58.2 Å². The van der Waals surface area contributed by atoms with Crippen molar-refractivity contribution in [1.29, 1.82) is 0 Å². The normalized spacial score (nSPS) is 25.2.